The van der Waals surface area contributed by atoms with Gasteiger partial charge in [-0.2, -0.15) is 0 Å². The second kappa shape index (κ2) is 15.6. The summed E-state index contributed by atoms with van der Waals surface area (Å²) in [6.07, 6.45) is 12.3. The molecule has 5 rings (SSSR count). The largest absolute Gasteiger partial charge is 0.346 e. The first-order valence-electron chi connectivity index (χ1n) is 20.1. The van der Waals surface area contributed by atoms with Crippen LogP contribution in [0.15, 0.2) is 12.7 Å². The van der Waals surface area contributed by atoms with E-state index in [1.54, 1.807) is 4.90 Å². The topological polar surface area (TPSA) is 171 Å². The van der Waals surface area contributed by atoms with Crippen LogP contribution >= 0.6 is 0 Å². The number of hydrogen-bond acceptors (Lipinski definition) is 7. The van der Waals surface area contributed by atoms with Gasteiger partial charge in [0.1, 0.15) is 12.1 Å². The molecule has 4 saturated carbocycles. The van der Waals surface area contributed by atoms with Crippen molar-refractivity contribution in [3.63, 3.8) is 0 Å². The molecule has 1 aliphatic heterocycles. The Morgan fingerprint density at radius 1 is 0.906 bits per heavy atom. The van der Waals surface area contributed by atoms with Crippen molar-refractivity contribution in [2.45, 2.75) is 160 Å². The fraction of sp³-hybridized carbons (Fsp3) is 0.825. The number of urea groups is 1. The van der Waals surface area contributed by atoms with Crippen molar-refractivity contribution in [3.8, 4) is 0 Å². The van der Waals surface area contributed by atoms with E-state index < -0.39 is 73.2 Å². The number of hydrogen-bond donors (Lipinski definition) is 4. The molecule has 0 radical (unpaired) electrons. The number of piperidine rings is 1. The molecular weight excluding hydrogens is 695 g/mol. The zero-order valence-electron chi connectivity index (χ0n) is 33.0. The zero-order chi connectivity index (χ0) is 39.0. The molecule has 0 aromatic heterocycles. The van der Waals surface area contributed by atoms with Crippen LogP contribution in [0.25, 0.3) is 0 Å². The van der Waals surface area contributed by atoms with Crippen molar-refractivity contribution in [3.05, 3.63) is 12.7 Å². The fourth-order valence-electron chi connectivity index (χ4n) is 9.46. The molecule has 5 unspecified atom stereocenters. The van der Waals surface area contributed by atoms with Gasteiger partial charge in [0.15, 0.2) is 9.84 Å². The average molecular weight is 760 g/mol. The molecule has 298 valence electrons. The Labute approximate surface area is 317 Å². The van der Waals surface area contributed by atoms with E-state index in [4.69, 9.17) is 0 Å². The number of fused-ring (bicyclic) bond motifs is 1. The van der Waals surface area contributed by atoms with E-state index in [-0.39, 0.29) is 29.5 Å². The fourth-order valence-corrected chi connectivity index (χ4v) is 11.8. The molecule has 13 heteroatoms. The van der Waals surface area contributed by atoms with Crippen molar-refractivity contribution in [2.24, 2.45) is 28.6 Å². The minimum Gasteiger partial charge on any atom is -0.346 e. The number of sulfone groups is 1. The lowest BCUT2D eigenvalue weighted by Gasteiger charge is -2.43. The van der Waals surface area contributed by atoms with Gasteiger partial charge in [0.2, 0.25) is 17.6 Å². The Kier molecular flexibility index (Phi) is 12.2. The van der Waals surface area contributed by atoms with E-state index in [0.717, 1.165) is 51.4 Å². The number of carbonyl (C=O) groups excluding carboxylic acids is 5. The van der Waals surface area contributed by atoms with E-state index in [2.05, 4.69) is 41.7 Å². The van der Waals surface area contributed by atoms with Gasteiger partial charge in [-0.15, -0.1) is 6.58 Å². The third-order valence-corrected chi connectivity index (χ3v) is 16.1. The van der Waals surface area contributed by atoms with Crippen LogP contribution in [-0.2, 0) is 29.0 Å². The van der Waals surface area contributed by atoms with Gasteiger partial charge in [-0.25, -0.2) is 13.2 Å². The number of rotatable bonds is 15. The quantitative estimate of drug-likeness (QED) is 0.140. The molecule has 4 aliphatic carbocycles. The third-order valence-electron chi connectivity index (χ3n) is 13.3. The molecule has 0 aromatic rings. The summed E-state index contributed by atoms with van der Waals surface area (Å²) < 4.78 is 27.1. The number of amides is 5. The highest BCUT2D eigenvalue weighted by molar-refractivity contribution is 7.92. The lowest BCUT2D eigenvalue weighted by atomic mass is 9.83. The predicted octanol–water partition coefficient (Wildman–Crippen LogP) is 4.57. The molecule has 1 heterocycles. The molecule has 0 spiro atoms. The van der Waals surface area contributed by atoms with Gasteiger partial charge in [0.25, 0.3) is 5.91 Å². The van der Waals surface area contributed by atoms with Gasteiger partial charge in [0, 0.05) is 13.1 Å². The van der Waals surface area contributed by atoms with Crippen LogP contribution in [0, 0.1) is 28.6 Å². The maximum Gasteiger partial charge on any atom is 0.315 e. The Balaban J connectivity index is 1.33. The lowest BCUT2D eigenvalue weighted by Crippen LogP contribution is -2.64. The van der Waals surface area contributed by atoms with Crippen molar-refractivity contribution in [1.82, 2.24) is 26.2 Å². The average Bonchev–Trinajstić information content (AvgIpc) is 3.95. The van der Waals surface area contributed by atoms with Crippen LogP contribution < -0.4 is 21.3 Å². The summed E-state index contributed by atoms with van der Waals surface area (Å²) in [7, 11) is -3.55. The van der Waals surface area contributed by atoms with E-state index in [1.165, 1.54) is 6.08 Å². The van der Waals surface area contributed by atoms with Gasteiger partial charge in [-0.05, 0) is 74.0 Å². The first-order valence-corrected chi connectivity index (χ1v) is 21.8. The number of Topliss-reactive ketones (excluding diaryl/α,β-unsaturated/α-hetero) is 1. The van der Waals surface area contributed by atoms with Gasteiger partial charge in [0.05, 0.1) is 22.1 Å². The minimum atomic E-state index is -3.55. The third kappa shape index (κ3) is 9.13. The van der Waals surface area contributed by atoms with Crippen LogP contribution in [0.3, 0.4) is 0 Å². The maximum atomic E-state index is 14.6. The van der Waals surface area contributed by atoms with Gasteiger partial charge in [-0.3, -0.25) is 19.2 Å². The SMILES string of the molecule is C=CCNC(=O)C(=O)C(CCC1CC1)NC(=O)C1C2C(CN1C(=O)C(NC(=O)NC1(CS(=O)(=O)C3(C)CCCCC3)CCCCC1)C(C)(C)C)C2(C)C. The second-order valence-corrected chi connectivity index (χ2v) is 21.3. The number of nitrogens with zero attached hydrogens (tertiary/aromatic N) is 1. The first-order chi connectivity index (χ1) is 24.8. The van der Waals surface area contributed by atoms with Gasteiger partial charge < -0.3 is 26.2 Å². The summed E-state index contributed by atoms with van der Waals surface area (Å²) in [5.41, 5.74) is -1.90. The summed E-state index contributed by atoms with van der Waals surface area (Å²) in [6.45, 7) is 15.6. The maximum absolute atomic E-state index is 14.6. The Hall–Kier alpha value is -2.96. The summed E-state index contributed by atoms with van der Waals surface area (Å²) in [4.78, 5) is 70.3. The van der Waals surface area contributed by atoms with Gasteiger partial charge in [-0.1, -0.05) is 92.1 Å². The molecule has 0 bridgehead atoms. The standard InChI is InChI=1S/C40H65N5O7S/c1-8-23-41-34(48)31(46)28(18-17-26-15-16-26)42-33(47)30-29-27(38(29,5)6)24-45(30)35(49)32(37(2,3)4)43-36(50)44-40(21-13-10-14-22-40)25-53(51,52)39(7)19-11-9-12-20-39/h8,26-30,32H,1,9-25H2,2-7H3,(H,41,48)(H,42,47)(H2,43,44,50). The van der Waals surface area contributed by atoms with Crippen molar-refractivity contribution in [2.75, 3.05) is 18.8 Å². The highest BCUT2D eigenvalue weighted by Gasteiger charge is 2.70. The normalized spacial score (nSPS) is 27.0. The molecular formula is C40H65N5O7S. The highest BCUT2D eigenvalue weighted by Crippen LogP contribution is 2.65. The Morgan fingerprint density at radius 3 is 2.08 bits per heavy atom. The van der Waals surface area contributed by atoms with E-state index in [9.17, 15) is 32.4 Å². The highest BCUT2D eigenvalue weighted by atomic mass is 32.2. The Morgan fingerprint density at radius 2 is 1.51 bits per heavy atom. The van der Waals surface area contributed by atoms with E-state index in [1.807, 2.05) is 27.7 Å². The monoisotopic (exact) mass is 759 g/mol. The number of nitrogens with one attached hydrogen (secondary N) is 4. The molecule has 0 aromatic carbocycles. The smallest absolute Gasteiger partial charge is 0.315 e. The molecule has 5 amide bonds. The predicted molar refractivity (Wildman–Crippen MR) is 204 cm³/mol. The number of likely N-dealkylation sites (tertiary alicyclic amines) is 1. The summed E-state index contributed by atoms with van der Waals surface area (Å²) in [6, 6.07) is -3.52. The summed E-state index contributed by atoms with van der Waals surface area (Å²) >= 11 is 0. The molecule has 5 fully saturated rings. The van der Waals surface area contributed by atoms with Crippen LogP contribution in [0.1, 0.15) is 131 Å². The van der Waals surface area contributed by atoms with Crippen LogP contribution in [0.5, 0.6) is 0 Å². The molecule has 5 atom stereocenters. The van der Waals surface area contributed by atoms with Crippen molar-refractivity contribution < 1.29 is 32.4 Å². The summed E-state index contributed by atoms with van der Waals surface area (Å²) in [5.74, 6) is -2.11. The molecule has 5 aliphatic rings. The zero-order valence-corrected chi connectivity index (χ0v) is 33.8. The van der Waals surface area contributed by atoms with Crippen LogP contribution in [-0.4, -0.2) is 90.1 Å². The van der Waals surface area contributed by atoms with Crippen LogP contribution in [0.2, 0.25) is 0 Å². The number of ketones is 1. The second-order valence-electron chi connectivity index (χ2n) is 18.8. The van der Waals surface area contributed by atoms with Crippen molar-refractivity contribution in [1.29, 1.82) is 0 Å². The Bertz CT molecular complexity index is 1540. The molecule has 1 saturated heterocycles. The molecule has 4 N–H and O–H groups in total. The van der Waals surface area contributed by atoms with E-state index in [0.29, 0.717) is 51.0 Å². The lowest BCUT2D eigenvalue weighted by molar-refractivity contribution is -0.145. The van der Waals surface area contributed by atoms with E-state index >= 15 is 0 Å². The first kappa shape index (κ1) is 41.2. The van der Waals surface area contributed by atoms with Crippen LogP contribution in [0.4, 0.5) is 4.79 Å². The number of carbonyl (C=O) groups is 5. The van der Waals surface area contributed by atoms with Crippen molar-refractivity contribution >= 4 is 39.4 Å². The minimum absolute atomic E-state index is 0.0602. The van der Waals surface area contributed by atoms with Gasteiger partial charge >= 0.3 is 6.03 Å². The molecule has 53 heavy (non-hydrogen) atoms. The summed E-state index contributed by atoms with van der Waals surface area (Å²) in [5, 5.41) is 11.4. The molecule has 12 nitrogen and oxygen atoms in total.